The van der Waals surface area contributed by atoms with Crippen molar-refractivity contribution in [2.24, 2.45) is 4.99 Å². The summed E-state index contributed by atoms with van der Waals surface area (Å²) in [6.45, 7) is 1.95. The number of carbonyl (C=O) groups is 1. The van der Waals surface area contributed by atoms with Crippen molar-refractivity contribution in [2.75, 3.05) is 19.9 Å². The Morgan fingerprint density at radius 2 is 2.32 bits per heavy atom. The molecule has 0 bridgehead atoms. The zero-order valence-electron chi connectivity index (χ0n) is 11.1. The molecule has 1 unspecified atom stereocenters. The van der Waals surface area contributed by atoms with Gasteiger partial charge in [-0.05, 0) is 19.1 Å². The number of benzene rings is 1. The molecule has 0 saturated carbocycles. The van der Waals surface area contributed by atoms with Crippen LogP contribution in [0.25, 0.3) is 0 Å². The van der Waals surface area contributed by atoms with Crippen LogP contribution in [-0.2, 0) is 9.63 Å². The molecule has 102 valence electrons. The van der Waals surface area contributed by atoms with Crippen LogP contribution in [0.1, 0.15) is 11.1 Å². The number of phenols is 1. The topological polar surface area (TPSA) is 62.1 Å². The maximum absolute atomic E-state index is 11.9. The van der Waals surface area contributed by atoms with Crippen LogP contribution in [-0.4, -0.2) is 47.1 Å². The molecular formula is C13H16N2O3S. The molecule has 6 heteroatoms. The van der Waals surface area contributed by atoms with E-state index in [1.165, 1.54) is 23.9 Å². The monoisotopic (exact) mass is 280 g/mol. The summed E-state index contributed by atoms with van der Waals surface area (Å²) in [6, 6.07) is 4.89. The SMILES string of the molecule is CON(C)C(=O)C1CSC(c2cc(C)ccc2O)=N1. The number of carbonyl (C=O) groups excluding carboxylic acids is 1. The van der Waals surface area contributed by atoms with E-state index in [0.717, 1.165) is 5.56 Å². The highest BCUT2D eigenvalue weighted by atomic mass is 32.2. The first-order chi connectivity index (χ1) is 9.02. The summed E-state index contributed by atoms with van der Waals surface area (Å²) in [6.07, 6.45) is 0. The number of phenolic OH excluding ortho intramolecular Hbond substituents is 1. The second-order valence-corrected chi connectivity index (χ2v) is 5.31. The van der Waals surface area contributed by atoms with Crippen LogP contribution in [0.3, 0.4) is 0 Å². The quantitative estimate of drug-likeness (QED) is 0.854. The molecule has 0 fully saturated rings. The summed E-state index contributed by atoms with van der Waals surface area (Å²) in [7, 11) is 3.00. The molecule has 1 N–H and O–H groups in total. The van der Waals surface area contributed by atoms with Gasteiger partial charge in [0.25, 0.3) is 5.91 Å². The Morgan fingerprint density at radius 3 is 3.00 bits per heavy atom. The summed E-state index contributed by atoms with van der Waals surface area (Å²) in [5, 5.41) is 11.7. The fraction of sp³-hybridized carbons (Fsp3) is 0.385. The van der Waals surface area contributed by atoms with E-state index >= 15 is 0 Å². The van der Waals surface area contributed by atoms with Crippen LogP contribution in [0.15, 0.2) is 23.2 Å². The zero-order valence-corrected chi connectivity index (χ0v) is 11.9. The first-order valence-electron chi connectivity index (χ1n) is 5.85. The van der Waals surface area contributed by atoms with Gasteiger partial charge in [0.15, 0.2) is 0 Å². The third-order valence-electron chi connectivity index (χ3n) is 2.90. The van der Waals surface area contributed by atoms with E-state index in [1.54, 1.807) is 13.1 Å². The van der Waals surface area contributed by atoms with Gasteiger partial charge in [-0.3, -0.25) is 14.6 Å². The van der Waals surface area contributed by atoms with Crippen molar-refractivity contribution in [3.8, 4) is 5.75 Å². The molecule has 19 heavy (non-hydrogen) atoms. The maximum Gasteiger partial charge on any atom is 0.271 e. The molecule has 1 atom stereocenters. The number of aliphatic imine (C=N–C) groups is 1. The molecule has 1 aliphatic rings. The molecule has 1 aromatic rings. The van der Waals surface area contributed by atoms with Crippen LogP contribution < -0.4 is 0 Å². The van der Waals surface area contributed by atoms with E-state index in [1.807, 2.05) is 19.1 Å². The van der Waals surface area contributed by atoms with Gasteiger partial charge in [-0.2, -0.15) is 0 Å². The second-order valence-electron chi connectivity index (χ2n) is 4.30. The minimum Gasteiger partial charge on any atom is -0.507 e. The van der Waals surface area contributed by atoms with Gasteiger partial charge in [-0.1, -0.05) is 11.6 Å². The van der Waals surface area contributed by atoms with Gasteiger partial charge in [0, 0.05) is 18.4 Å². The summed E-state index contributed by atoms with van der Waals surface area (Å²) >= 11 is 1.47. The number of amides is 1. The Kier molecular flexibility index (Phi) is 4.11. The first-order valence-corrected chi connectivity index (χ1v) is 6.83. The Morgan fingerprint density at radius 1 is 1.58 bits per heavy atom. The maximum atomic E-state index is 11.9. The Bertz CT molecular complexity index is 531. The Hall–Kier alpha value is -1.53. The molecule has 0 saturated heterocycles. The minimum atomic E-state index is -0.454. The molecule has 0 spiro atoms. The summed E-state index contributed by atoms with van der Waals surface area (Å²) in [5.41, 5.74) is 1.72. The number of hydrogen-bond donors (Lipinski definition) is 1. The van der Waals surface area contributed by atoms with Crippen LogP contribution in [0.2, 0.25) is 0 Å². The molecule has 5 nitrogen and oxygen atoms in total. The lowest BCUT2D eigenvalue weighted by atomic mass is 10.1. The van der Waals surface area contributed by atoms with E-state index in [9.17, 15) is 9.90 Å². The highest BCUT2D eigenvalue weighted by Gasteiger charge is 2.29. The molecule has 0 aromatic heterocycles. The van der Waals surface area contributed by atoms with Crippen LogP contribution in [0, 0.1) is 6.92 Å². The van der Waals surface area contributed by atoms with Gasteiger partial charge in [0.2, 0.25) is 0 Å². The van der Waals surface area contributed by atoms with Gasteiger partial charge in [-0.15, -0.1) is 11.8 Å². The highest BCUT2D eigenvalue weighted by Crippen LogP contribution is 2.29. The van der Waals surface area contributed by atoms with E-state index in [-0.39, 0.29) is 11.7 Å². The molecule has 1 amide bonds. The van der Waals surface area contributed by atoms with E-state index in [4.69, 9.17) is 4.84 Å². The number of nitrogens with zero attached hydrogens (tertiary/aromatic N) is 2. The zero-order chi connectivity index (χ0) is 14.0. The van der Waals surface area contributed by atoms with Crippen LogP contribution in [0.4, 0.5) is 0 Å². The molecule has 0 radical (unpaired) electrons. The lowest BCUT2D eigenvalue weighted by molar-refractivity contribution is -0.169. The summed E-state index contributed by atoms with van der Waals surface area (Å²) < 4.78 is 0. The van der Waals surface area contributed by atoms with Crippen molar-refractivity contribution in [1.29, 1.82) is 0 Å². The van der Waals surface area contributed by atoms with Crippen molar-refractivity contribution in [2.45, 2.75) is 13.0 Å². The molecule has 2 rings (SSSR count). The van der Waals surface area contributed by atoms with Gasteiger partial charge in [-0.25, -0.2) is 5.06 Å². The minimum absolute atomic E-state index is 0.183. The van der Waals surface area contributed by atoms with Gasteiger partial charge in [0.05, 0.1) is 7.11 Å². The standard InChI is InChI=1S/C13H16N2O3S/c1-8-4-5-11(16)9(6-8)12-14-10(7-19-12)13(17)15(2)18-3/h4-6,10,16H,7H2,1-3H3. The predicted octanol–water partition coefficient (Wildman–Crippen LogP) is 1.58. The Balaban J connectivity index is 2.23. The molecular weight excluding hydrogens is 264 g/mol. The molecule has 1 aliphatic heterocycles. The van der Waals surface area contributed by atoms with E-state index < -0.39 is 6.04 Å². The van der Waals surface area contributed by atoms with Crippen molar-refractivity contribution >= 4 is 22.7 Å². The summed E-state index contributed by atoms with van der Waals surface area (Å²) in [5.74, 6) is 0.567. The third kappa shape index (κ3) is 2.90. The second kappa shape index (κ2) is 5.63. The van der Waals surface area contributed by atoms with Crippen molar-refractivity contribution < 1.29 is 14.7 Å². The highest BCUT2D eigenvalue weighted by molar-refractivity contribution is 8.14. The number of hydroxylamine groups is 2. The smallest absolute Gasteiger partial charge is 0.271 e. The summed E-state index contributed by atoms with van der Waals surface area (Å²) in [4.78, 5) is 21.2. The number of aromatic hydroxyl groups is 1. The lowest BCUT2D eigenvalue weighted by Crippen LogP contribution is -2.34. The number of hydrogen-bond acceptors (Lipinski definition) is 5. The normalized spacial score (nSPS) is 18.3. The number of aryl methyl sites for hydroxylation is 1. The fourth-order valence-electron chi connectivity index (χ4n) is 1.77. The van der Waals surface area contributed by atoms with Crippen molar-refractivity contribution in [1.82, 2.24) is 5.06 Å². The van der Waals surface area contributed by atoms with Crippen molar-refractivity contribution in [3.63, 3.8) is 0 Å². The van der Waals surface area contributed by atoms with Gasteiger partial charge < -0.3 is 5.11 Å². The number of likely N-dealkylation sites (N-methyl/N-ethyl adjacent to an activating group) is 1. The third-order valence-corrected chi connectivity index (χ3v) is 3.98. The fourth-order valence-corrected chi connectivity index (χ4v) is 2.82. The van der Waals surface area contributed by atoms with Crippen LogP contribution in [0.5, 0.6) is 5.75 Å². The number of rotatable bonds is 3. The largest absolute Gasteiger partial charge is 0.507 e. The van der Waals surface area contributed by atoms with E-state index in [2.05, 4.69) is 4.99 Å². The van der Waals surface area contributed by atoms with Gasteiger partial charge >= 0.3 is 0 Å². The predicted molar refractivity (Wildman–Crippen MR) is 75.4 cm³/mol. The first kappa shape index (κ1) is 13.9. The van der Waals surface area contributed by atoms with Crippen LogP contribution >= 0.6 is 11.8 Å². The molecule has 0 aliphatic carbocycles. The average Bonchev–Trinajstić information content (AvgIpc) is 2.89. The lowest BCUT2D eigenvalue weighted by Gasteiger charge is -2.15. The average molecular weight is 280 g/mol. The number of thioether (sulfide) groups is 1. The van der Waals surface area contributed by atoms with E-state index in [0.29, 0.717) is 16.4 Å². The van der Waals surface area contributed by atoms with Gasteiger partial charge in [0.1, 0.15) is 16.8 Å². The molecule has 1 heterocycles. The Labute approximate surface area is 116 Å². The molecule has 1 aromatic carbocycles. The van der Waals surface area contributed by atoms with Crippen molar-refractivity contribution in [3.05, 3.63) is 29.3 Å².